The zero-order chi connectivity index (χ0) is 11.1. The minimum atomic E-state index is 0.525. The van der Waals surface area contributed by atoms with Crippen molar-refractivity contribution in [1.29, 1.82) is 0 Å². The van der Waals surface area contributed by atoms with Crippen LogP contribution in [0.3, 0.4) is 0 Å². The normalized spacial score (nSPS) is 10.9. The molecular formula is C11H15N3S. The van der Waals surface area contributed by atoms with Crippen molar-refractivity contribution in [2.45, 2.75) is 13.3 Å². The van der Waals surface area contributed by atoms with E-state index in [1.165, 1.54) is 0 Å². The van der Waals surface area contributed by atoms with Crippen molar-refractivity contribution in [3.8, 4) is 0 Å². The second kappa shape index (κ2) is 6.14. The zero-order valence-electron chi connectivity index (χ0n) is 8.95. The van der Waals surface area contributed by atoms with Gasteiger partial charge in [-0.2, -0.15) is 5.10 Å². The van der Waals surface area contributed by atoms with E-state index in [2.05, 4.69) is 22.8 Å². The fourth-order valence-corrected chi connectivity index (χ4v) is 1.20. The Labute approximate surface area is 95.6 Å². The third-order valence-electron chi connectivity index (χ3n) is 1.96. The maximum absolute atomic E-state index is 4.94. The minimum Gasteiger partial charge on any atom is -0.364 e. The van der Waals surface area contributed by atoms with Gasteiger partial charge in [0.25, 0.3) is 0 Å². The summed E-state index contributed by atoms with van der Waals surface area (Å²) in [6.07, 6.45) is 0.864. The van der Waals surface area contributed by atoms with Gasteiger partial charge in [-0.3, -0.25) is 5.43 Å². The highest BCUT2D eigenvalue weighted by atomic mass is 32.1. The van der Waals surface area contributed by atoms with Crippen molar-refractivity contribution in [3.63, 3.8) is 0 Å². The van der Waals surface area contributed by atoms with Crippen LogP contribution in [0.4, 0.5) is 0 Å². The smallest absolute Gasteiger partial charge is 0.186 e. The summed E-state index contributed by atoms with van der Waals surface area (Å²) < 4.78 is 0. The van der Waals surface area contributed by atoms with E-state index in [-0.39, 0.29) is 0 Å². The summed E-state index contributed by atoms with van der Waals surface area (Å²) in [6, 6.07) is 10.1. The predicted molar refractivity (Wildman–Crippen MR) is 68.1 cm³/mol. The van der Waals surface area contributed by atoms with Crippen LogP contribution in [-0.2, 0) is 0 Å². The van der Waals surface area contributed by atoms with Crippen LogP contribution < -0.4 is 10.7 Å². The average Bonchev–Trinajstić information content (AvgIpc) is 2.31. The third-order valence-corrected chi connectivity index (χ3v) is 2.26. The first-order chi connectivity index (χ1) is 7.27. The quantitative estimate of drug-likeness (QED) is 0.465. The van der Waals surface area contributed by atoms with E-state index in [9.17, 15) is 0 Å². The van der Waals surface area contributed by atoms with Crippen LogP contribution in [0.2, 0.25) is 0 Å². The molecule has 0 radical (unpaired) electrons. The van der Waals surface area contributed by atoms with Gasteiger partial charge in [0.2, 0.25) is 0 Å². The Hall–Kier alpha value is -1.42. The largest absolute Gasteiger partial charge is 0.364 e. The Balaban J connectivity index is 2.76. The van der Waals surface area contributed by atoms with Crippen molar-refractivity contribution >= 4 is 23.0 Å². The van der Waals surface area contributed by atoms with E-state index >= 15 is 0 Å². The van der Waals surface area contributed by atoms with Gasteiger partial charge in [0.05, 0.1) is 5.71 Å². The fourth-order valence-electron chi connectivity index (χ4n) is 1.15. The molecule has 0 aromatic heterocycles. The highest BCUT2D eigenvalue weighted by Crippen LogP contribution is 2.03. The fraction of sp³-hybridized carbons (Fsp3) is 0.273. The van der Waals surface area contributed by atoms with Crippen LogP contribution in [0.25, 0.3) is 0 Å². The van der Waals surface area contributed by atoms with Crippen molar-refractivity contribution in [2.24, 2.45) is 5.10 Å². The lowest BCUT2D eigenvalue weighted by molar-refractivity contribution is 0.965. The zero-order valence-corrected chi connectivity index (χ0v) is 9.77. The second-order valence-corrected chi connectivity index (χ2v) is 3.38. The summed E-state index contributed by atoms with van der Waals surface area (Å²) in [6.45, 7) is 2.07. The molecule has 0 aliphatic rings. The van der Waals surface area contributed by atoms with Crippen molar-refractivity contribution in [3.05, 3.63) is 35.9 Å². The molecule has 0 atom stereocenters. The van der Waals surface area contributed by atoms with Crippen molar-refractivity contribution < 1.29 is 0 Å². The molecule has 0 fully saturated rings. The molecule has 0 bridgehead atoms. The van der Waals surface area contributed by atoms with Crippen LogP contribution in [0.5, 0.6) is 0 Å². The van der Waals surface area contributed by atoms with Gasteiger partial charge in [-0.1, -0.05) is 37.3 Å². The number of hydrogen-bond donors (Lipinski definition) is 2. The van der Waals surface area contributed by atoms with E-state index in [1.807, 2.05) is 30.3 Å². The maximum atomic E-state index is 4.94. The predicted octanol–water partition coefficient (Wildman–Crippen LogP) is 1.89. The molecule has 2 N–H and O–H groups in total. The molecule has 1 aromatic carbocycles. The van der Waals surface area contributed by atoms with Gasteiger partial charge < -0.3 is 5.32 Å². The molecular weight excluding hydrogens is 206 g/mol. The summed E-state index contributed by atoms with van der Waals surface area (Å²) in [5.41, 5.74) is 4.90. The second-order valence-electron chi connectivity index (χ2n) is 2.97. The Kier molecular flexibility index (Phi) is 4.77. The molecule has 0 aliphatic heterocycles. The van der Waals surface area contributed by atoms with Crippen LogP contribution in [0.15, 0.2) is 35.4 Å². The first-order valence-electron chi connectivity index (χ1n) is 4.87. The molecule has 1 rings (SSSR count). The number of rotatable bonds is 3. The van der Waals surface area contributed by atoms with E-state index in [1.54, 1.807) is 7.05 Å². The third kappa shape index (κ3) is 3.67. The van der Waals surface area contributed by atoms with Gasteiger partial charge in [0.1, 0.15) is 0 Å². The van der Waals surface area contributed by atoms with E-state index in [0.29, 0.717) is 5.11 Å². The van der Waals surface area contributed by atoms with Gasteiger partial charge in [0.15, 0.2) is 5.11 Å². The summed E-state index contributed by atoms with van der Waals surface area (Å²) >= 11 is 4.94. The van der Waals surface area contributed by atoms with Gasteiger partial charge >= 0.3 is 0 Å². The molecule has 0 aliphatic carbocycles. The number of hydrazone groups is 1. The van der Waals surface area contributed by atoms with E-state index in [4.69, 9.17) is 12.2 Å². The van der Waals surface area contributed by atoms with Gasteiger partial charge in [-0.15, -0.1) is 0 Å². The van der Waals surface area contributed by atoms with Gasteiger partial charge in [0, 0.05) is 7.05 Å². The van der Waals surface area contributed by atoms with Crippen LogP contribution in [-0.4, -0.2) is 17.9 Å². The lowest BCUT2D eigenvalue weighted by Gasteiger charge is -2.05. The van der Waals surface area contributed by atoms with Crippen molar-refractivity contribution in [2.75, 3.05) is 7.05 Å². The molecule has 0 heterocycles. The number of nitrogens with zero attached hydrogens (tertiary/aromatic N) is 1. The summed E-state index contributed by atoms with van der Waals surface area (Å²) in [4.78, 5) is 0. The standard InChI is InChI=1S/C11H15N3S/c1-3-10(13-14-11(15)12-2)9-7-5-4-6-8-9/h4-8H,3H2,1-2H3,(H2,12,14,15). The van der Waals surface area contributed by atoms with Gasteiger partial charge in [-0.05, 0) is 24.2 Å². The molecule has 15 heavy (non-hydrogen) atoms. The number of benzene rings is 1. The number of nitrogens with one attached hydrogen (secondary N) is 2. The van der Waals surface area contributed by atoms with Crippen molar-refractivity contribution in [1.82, 2.24) is 10.7 Å². The first-order valence-corrected chi connectivity index (χ1v) is 5.28. The molecule has 0 spiro atoms. The molecule has 4 heteroatoms. The minimum absolute atomic E-state index is 0.525. The monoisotopic (exact) mass is 221 g/mol. The summed E-state index contributed by atoms with van der Waals surface area (Å²) in [5.74, 6) is 0. The lowest BCUT2D eigenvalue weighted by atomic mass is 10.1. The molecule has 80 valence electrons. The van der Waals surface area contributed by atoms with Crippen LogP contribution >= 0.6 is 12.2 Å². The lowest BCUT2D eigenvalue weighted by Crippen LogP contribution is -2.29. The highest BCUT2D eigenvalue weighted by molar-refractivity contribution is 7.80. The molecule has 0 unspecified atom stereocenters. The molecule has 1 aromatic rings. The summed E-state index contributed by atoms with van der Waals surface area (Å²) in [5, 5.41) is 7.58. The van der Waals surface area contributed by atoms with Crippen LogP contribution in [0.1, 0.15) is 18.9 Å². The number of thiocarbonyl (C=S) groups is 1. The number of hydrogen-bond acceptors (Lipinski definition) is 2. The SMILES string of the molecule is CCC(=NNC(=S)NC)c1ccccc1. The Morgan fingerprint density at radius 2 is 2.00 bits per heavy atom. The Bertz CT molecular complexity index is 346. The summed E-state index contributed by atoms with van der Waals surface area (Å²) in [7, 11) is 1.76. The maximum Gasteiger partial charge on any atom is 0.186 e. The first kappa shape index (κ1) is 11.7. The molecule has 3 nitrogen and oxygen atoms in total. The van der Waals surface area contributed by atoms with Gasteiger partial charge in [-0.25, -0.2) is 0 Å². The van der Waals surface area contributed by atoms with Crippen LogP contribution in [0, 0.1) is 0 Å². The highest BCUT2D eigenvalue weighted by Gasteiger charge is 1.99. The average molecular weight is 221 g/mol. The Morgan fingerprint density at radius 3 is 2.53 bits per heavy atom. The molecule has 0 saturated carbocycles. The topological polar surface area (TPSA) is 36.4 Å². The molecule has 0 amide bonds. The molecule has 0 saturated heterocycles. The van der Waals surface area contributed by atoms with E-state index < -0.39 is 0 Å². The van der Waals surface area contributed by atoms with E-state index in [0.717, 1.165) is 17.7 Å². The Morgan fingerprint density at radius 1 is 1.33 bits per heavy atom.